The van der Waals surface area contributed by atoms with Gasteiger partial charge in [-0.3, -0.25) is 10.6 Å². The molecule has 11 heavy (non-hydrogen) atoms. The van der Waals surface area contributed by atoms with Crippen molar-refractivity contribution in [3.05, 3.63) is 0 Å². The maximum Gasteiger partial charge on any atom is 0.303 e. The molecule has 66 valence electrons. The highest BCUT2D eigenvalue weighted by molar-refractivity contribution is 6.12. The molecule has 0 aliphatic rings. The average molecular weight is 181 g/mol. The average Bonchev–Trinajstić information content (AvgIpc) is 1.53. The summed E-state index contributed by atoms with van der Waals surface area (Å²) >= 11 is 5.37. The van der Waals surface area contributed by atoms with E-state index in [1.165, 1.54) is 6.92 Å². The molecular formula is C6H13ClN2O2. The lowest BCUT2D eigenvalue weighted by Crippen LogP contribution is -2.40. The van der Waals surface area contributed by atoms with Crippen molar-refractivity contribution in [2.45, 2.75) is 26.4 Å². The number of carbonyl (C=O) groups is 1. The lowest BCUT2D eigenvalue weighted by atomic mass is 10.1. The van der Waals surface area contributed by atoms with Gasteiger partial charge in [0.15, 0.2) is 0 Å². The van der Waals surface area contributed by atoms with E-state index in [2.05, 4.69) is 0 Å². The first-order chi connectivity index (χ1) is 4.83. The van der Waals surface area contributed by atoms with Crippen molar-refractivity contribution in [2.24, 2.45) is 5.84 Å². The first kappa shape index (κ1) is 10.7. The lowest BCUT2D eigenvalue weighted by molar-refractivity contribution is -0.154. The second-order valence-electron chi connectivity index (χ2n) is 2.91. The first-order valence-corrected chi connectivity index (χ1v) is 3.55. The van der Waals surface area contributed by atoms with Gasteiger partial charge in [0.2, 0.25) is 0 Å². The fourth-order valence-corrected chi connectivity index (χ4v) is 1.07. The van der Waals surface area contributed by atoms with Gasteiger partial charge in [0.1, 0.15) is 5.60 Å². The number of ether oxygens (including phenoxy) is 1. The minimum absolute atomic E-state index is 0.286. The largest absolute Gasteiger partial charge is 0.458 e. The Kier molecular flexibility index (Phi) is 3.78. The van der Waals surface area contributed by atoms with E-state index in [1.54, 1.807) is 13.8 Å². The zero-order valence-electron chi connectivity index (χ0n) is 6.93. The molecule has 0 saturated heterocycles. The molecule has 0 saturated carbocycles. The highest BCUT2D eigenvalue weighted by atomic mass is 35.5. The molecule has 0 radical (unpaired) electrons. The van der Waals surface area contributed by atoms with Crippen molar-refractivity contribution in [1.82, 2.24) is 4.53 Å². The summed E-state index contributed by atoms with van der Waals surface area (Å²) in [5, 5.41) is 0. The number of carbonyl (C=O) groups excluding carboxylic acids is 1. The Morgan fingerprint density at radius 2 is 2.18 bits per heavy atom. The Morgan fingerprint density at radius 3 is 2.45 bits per heavy atom. The molecule has 0 fully saturated rings. The number of hydrogen-bond acceptors (Lipinski definition) is 4. The molecule has 0 aromatic rings. The fraction of sp³-hybridized carbons (Fsp3) is 0.833. The molecule has 0 atom stereocenters. The van der Waals surface area contributed by atoms with Gasteiger partial charge < -0.3 is 4.74 Å². The zero-order valence-corrected chi connectivity index (χ0v) is 7.68. The Morgan fingerprint density at radius 1 is 1.73 bits per heavy atom. The molecule has 0 rings (SSSR count). The number of hydrazine groups is 1. The molecule has 0 heterocycles. The van der Waals surface area contributed by atoms with Gasteiger partial charge >= 0.3 is 5.97 Å². The van der Waals surface area contributed by atoms with Gasteiger partial charge in [0, 0.05) is 6.92 Å². The van der Waals surface area contributed by atoms with Crippen LogP contribution in [0.5, 0.6) is 0 Å². The van der Waals surface area contributed by atoms with Crippen molar-refractivity contribution in [2.75, 3.05) is 6.54 Å². The topological polar surface area (TPSA) is 55.6 Å². The van der Waals surface area contributed by atoms with E-state index < -0.39 is 5.60 Å². The molecular weight excluding hydrogens is 168 g/mol. The van der Waals surface area contributed by atoms with Crippen LogP contribution >= 0.6 is 11.8 Å². The Bertz CT molecular complexity index is 148. The van der Waals surface area contributed by atoms with Crippen molar-refractivity contribution < 1.29 is 9.53 Å². The number of esters is 1. The van der Waals surface area contributed by atoms with Crippen LogP contribution in [0.4, 0.5) is 0 Å². The van der Waals surface area contributed by atoms with Gasteiger partial charge in [-0.05, 0) is 25.6 Å². The summed E-state index contributed by atoms with van der Waals surface area (Å²) in [5.74, 6) is 4.82. The van der Waals surface area contributed by atoms with Crippen molar-refractivity contribution >= 4 is 17.7 Å². The van der Waals surface area contributed by atoms with Gasteiger partial charge in [0.25, 0.3) is 0 Å². The molecule has 0 amide bonds. The summed E-state index contributed by atoms with van der Waals surface area (Å²) in [6.07, 6.45) is 0. The number of hydrogen-bond donors (Lipinski definition) is 1. The maximum atomic E-state index is 10.5. The van der Waals surface area contributed by atoms with Gasteiger partial charge in [-0.15, -0.1) is 0 Å². The lowest BCUT2D eigenvalue weighted by Gasteiger charge is -2.25. The monoisotopic (exact) mass is 180 g/mol. The highest BCUT2D eigenvalue weighted by Crippen LogP contribution is 2.10. The van der Waals surface area contributed by atoms with E-state index in [-0.39, 0.29) is 12.5 Å². The van der Waals surface area contributed by atoms with Crippen LogP contribution in [0, 0.1) is 0 Å². The van der Waals surface area contributed by atoms with Crippen LogP contribution in [0.2, 0.25) is 0 Å². The summed E-state index contributed by atoms with van der Waals surface area (Å²) in [7, 11) is 0. The van der Waals surface area contributed by atoms with Crippen LogP contribution in [0.25, 0.3) is 0 Å². The minimum atomic E-state index is -0.637. The third kappa shape index (κ3) is 6.09. The predicted octanol–water partition coefficient (Wildman–Crippen LogP) is 0.658. The molecule has 0 spiro atoms. The summed E-state index contributed by atoms with van der Waals surface area (Å²) in [5.41, 5.74) is -0.637. The summed E-state index contributed by atoms with van der Waals surface area (Å²) in [6, 6.07) is 0. The summed E-state index contributed by atoms with van der Waals surface area (Å²) in [4.78, 5) is 10.5. The van der Waals surface area contributed by atoms with Crippen molar-refractivity contribution in [3.8, 4) is 0 Å². The maximum absolute atomic E-state index is 10.5. The number of nitrogens with zero attached hydrogens (tertiary/aromatic N) is 1. The number of halogens is 1. The van der Waals surface area contributed by atoms with E-state index in [9.17, 15) is 4.79 Å². The smallest absolute Gasteiger partial charge is 0.303 e. The Balaban J connectivity index is 3.89. The second-order valence-corrected chi connectivity index (χ2v) is 3.35. The molecule has 0 aromatic carbocycles. The van der Waals surface area contributed by atoms with E-state index in [0.717, 1.165) is 4.53 Å². The normalized spacial score (nSPS) is 11.8. The molecule has 0 aliphatic heterocycles. The van der Waals surface area contributed by atoms with Gasteiger partial charge in [0.05, 0.1) is 6.54 Å². The molecule has 2 N–H and O–H groups in total. The molecule has 5 heteroatoms. The van der Waals surface area contributed by atoms with Crippen LogP contribution in [0.1, 0.15) is 20.8 Å². The SMILES string of the molecule is CC(=O)OC(C)(C)CN(N)Cl. The van der Waals surface area contributed by atoms with E-state index in [4.69, 9.17) is 22.4 Å². The van der Waals surface area contributed by atoms with E-state index in [0.29, 0.717) is 0 Å². The molecule has 0 aromatic heterocycles. The molecule has 0 bridgehead atoms. The highest BCUT2D eigenvalue weighted by Gasteiger charge is 2.22. The molecule has 4 nitrogen and oxygen atoms in total. The van der Waals surface area contributed by atoms with Crippen molar-refractivity contribution in [3.63, 3.8) is 0 Å². The van der Waals surface area contributed by atoms with Crippen LogP contribution in [-0.4, -0.2) is 22.6 Å². The third-order valence-electron chi connectivity index (χ3n) is 0.952. The quantitative estimate of drug-likeness (QED) is 0.300. The number of rotatable bonds is 3. The van der Waals surface area contributed by atoms with Crippen LogP contribution < -0.4 is 5.84 Å². The van der Waals surface area contributed by atoms with Crippen LogP contribution in [0.3, 0.4) is 0 Å². The Labute approximate surface area is 71.3 Å². The van der Waals surface area contributed by atoms with Crippen molar-refractivity contribution in [1.29, 1.82) is 0 Å². The zero-order chi connectivity index (χ0) is 9.07. The summed E-state index contributed by atoms with van der Waals surface area (Å²) < 4.78 is 5.86. The second kappa shape index (κ2) is 3.90. The standard InChI is InChI=1S/C6H13ClN2O2/c1-5(10)11-6(2,3)4-9(7)8/h4,8H2,1-3H3. The van der Waals surface area contributed by atoms with Gasteiger partial charge in [-0.1, -0.05) is 0 Å². The third-order valence-corrected chi connectivity index (χ3v) is 1.07. The first-order valence-electron chi connectivity index (χ1n) is 3.21. The number of nitrogens with two attached hydrogens (primary N) is 1. The minimum Gasteiger partial charge on any atom is -0.458 e. The van der Waals surface area contributed by atoms with Gasteiger partial charge in [-0.25, -0.2) is 0 Å². The van der Waals surface area contributed by atoms with Crippen LogP contribution in [0.15, 0.2) is 0 Å². The van der Waals surface area contributed by atoms with Crippen LogP contribution in [-0.2, 0) is 9.53 Å². The Hall–Kier alpha value is -0.320. The predicted molar refractivity (Wildman–Crippen MR) is 42.6 cm³/mol. The molecule has 0 aliphatic carbocycles. The fourth-order valence-electron chi connectivity index (χ4n) is 0.785. The van der Waals surface area contributed by atoms with E-state index in [1.807, 2.05) is 0 Å². The van der Waals surface area contributed by atoms with E-state index >= 15 is 0 Å². The summed E-state index contributed by atoms with van der Waals surface area (Å²) in [6.45, 7) is 5.10. The molecule has 0 unspecified atom stereocenters. The van der Waals surface area contributed by atoms with Gasteiger partial charge in [-0.2, -0.15) is 4.53 Å².